The highest BCUT2D eigenvalue weighted by atomic mass is 19.4. The number of nitrogens with one attached hydrogen (secondary N) is 3. The second-order valence-corrected chi connectivity index (χ2v) is 8.92. The number of nitrogens with zero attached hydrogens (tertiary/aromatic N) is 4. The Morgan fingerprint density at radius 1 is 1.00 bits per heavy atom. The van der Waals surface area contributed by atoms with E-state index in [4.69, 9.17) is 0 Å². The summed E-state index contributed by atoms with van der Waals surface area (Å²) < 4.78 is 39.2. The molecule has 0 aliphatic heterocycles. The molecule has 3 N–H and O–H groups in total. The van der Waals surface area contributed by atoms with Crippen LogP contribution < -0.4 is 20.9 Å². The molecule has 0 aliphatic carbocycles. The maximum atomic E-state index is 13.1. The average molecular weight is 528 g/mol. The number of likely N-dealkylation sites (N-methyl/N-ethyl adjacent to an activating group) is 2. The molecule has 0 saturated carbocycles. The molecule has 2 aromatic carbocycles. The van der Waals surface area contributed by atoms with Gasteiger partial charge in [0.1, 0.15) is 18.0 Å². The van der Waals surface area contributed by atoms with Crippen molar-refractivity contribution >= 4 is 40.3 Å². The Hall–Kier alpha value is -4.12. The van der Waals surface area contributed by atoms with Gasteiger partial charge in [0.25, 0.3) is 0 Å². The van der Waals surface area contributed by atoms with E-state index in [1.165, 1.54) is 24.5 Å². The molecular weight excluding hydrogens is 495 g/mol. The molecule has 1 amide bonds. The molecular formula is C27H32F3N7O. The van der Waals surface area contributed by atoms with Crippen LogP contribution in [0.25, 0.3) is 0 Å². The van der Waals surface area contributed by atoms with Crippen LogP contribution in [-0.4, -0.2) is 55.0 Å². The van der Waals surface area contributed by atoms with E-state index < -0.39 is 11.7 Å². The summed E-state index contributed by atoms with van der Waals surface area (Å²) in [6.07, 6.45) is -1.22. The van der Waals surface area contributed by atoms with Gasteiger partial charge >= 0.3 is 6.18 Å². The molecule has 0 spiro atoms. The molecule has 8 nitrogen and oxygen atoms in total. The van der Waals surface area contributed by atoms with Gasteiger partial charge in [0, 0.05) is 37.6 Å². The molecule has 0 bridgehead atoms. The van der Waals surface area contributed by atoms with E-state index in [1.54, 1.807) is 6.07 Å². The van der Waals surface area contributed by atoms with Crippen molar-refractivity contribution in [1.82, 2.24) is 14.9 Å². The SMILES string of the molecule is C=CC(=O)Nc1cc(Nc2cc(Nc3cccc(C(F)(F)F)c3)ncn2)c(CC)cc1N(C)CCN(C)C. The molecule has 1 aromatic heterocycles. The molecule has 0 saturated heterocycles. The number of anilines is 6. The minimum absolute atomic E-state index is 0.248. The van der Waals surface area contributed by atoms with E-state index in [-0.39, 0.29) is 11.6 Å². The second kappa shape index (κ2) is 12.4. The monoisotopic (exact) mass is 527 g/mol. The maximum absolute atomic E-state index is 13.1. The Kier molecular flexibility index (Phi) is 9.30. The zero-order chi connectivity index (χ0) is 27.9. The largest absolute Gasteiger partial charge is 0.416 e. The molecule has 3 aromatic rings. The molecule has 11 heteroatoms. The fourth-order valence-electron chi connectivity index (χ4n) is 3.66. The van der Waals surface area contributed by atoms with Gasteiger partial charge in [-0.1, -0.05) is 19.6 Å². The first-order valence-corrected chi connectivity index (χ1v) is 12.0. The van der Waals surface area contributed by atoms with Gasteiger partial charge in [-0.25, -0.2) is 9.97 Å². The van der Waals surface area contributed by atoms with Crippen LogP contribution in [0.15, 0.2) is 61.4 Å². The van der Waals surface area contributed by atoms with Gasteiger partial charge in [-0.05, 0) is 62.5 Å². The summed E-state index contributed by atoms with van der Waals surface area (Å²) in [5.41, 5.74) is 2.66. The third-order valence-electron chi connectivity index (χ3n) is 5.73. The zero-order valence-electron chi connectivity index (χ0n) is 21.9. The first kappa shape index (κ1) is 28.5. The van der Waals surface area contributed by atoms with E-state index in [1.807, 2.05) is 40.2 Å². The Labute approximate surface area is 220 Å². The predicted octanol–water partition coefficient (Wildman–Crippen LogP) is 5.67. The summed E-state index contributed by atoms with van der Waals surface area (Å²) in [6.45, 7) is 7.14. The molecule has 3 rings (SSSR count). The summed E-state index contributed by atoms with van der Waals surface area (Å²) in [7, 11) is 5.96. The molecule has 0 unspecified atom stereocenters. The van der Waals surface area contributed by atoms with Gasteiger partial charge in [-0.2, -0.15) is 13.2 Å². The summed E-state index contributed by atoms with van der Waals surface area (Å²) in [5, 5.41) is 9.03. The van der Waals surface area contributed by atoms with Crippen LogP contribution in [0.1, 0.15) is 18.1 Å². The number of halogens is 3. The smallest absolute Gasteiger partial charge is 0.372 e. The summed E-state index contributed by atoms with van der Waals surface area (Å²) in [6, 6.07) is 10.3. The molecule has 0 atom stereocenters. The lowest BCUT2D eigenvalue weighted by Gasteiger charge is -2.26. The second-order valence-electron chi connectivity index (χ2n) is 8.92. The number of amides is 1. The number of carbonyl (C=O) groups excluding carboxylic acids is 1. The fraction of sp³-hybridized carbons (Fsp3) is 0.296. The number of aromatic nitrogens is 2. The number of carbonyl (C=O) groups is 1. The molecule has 0 aliphatic rings. The number of alkyl halides is 3. The van der Waals surface area contributed by atoms with Crippen LogP contribution in [0.4, 0.5) is 47.6 Å². The maximum Gasteiger partial charge on any atom is 0.416 e. The number of rotatable bonds is 11. The minimum atomic E-state index is -4.45. The van der Waals surface area contributed by atoms with Gasteiger partial charge in [0.05, 0.1) is 16.9 Å². The van der Waals surface area contributed by atoms with Crippen LogP contribution in [-0.2, 0) is 17.4 Å². The zero-order valence-corrected chi connectivity index (χ0v) is 21.9. The minimum Gasteiger partial charge on any atom is -0.372 e. The van der Waals surface area contributed by atoms with Crippen LogP contribution in [0.2, 0.25) is 0 Å². The normalized spacial score (nSPS) is 11.3. The highest BCUT2D eigenvalue weighted by Crippen LogP contribution is 2.35. The van der Waals surface area contributed by atoms with Crippen LogP contribution in [0.3, 0.4) is 0 Å². The van der Waals surface area contributed by atoms with Gasteiger partial charge in [0.15, 0.2) is 0 Å². The quantitative estimate of drug-likeness (QED) is 0.277. The van der Waals surface area contributed by atoms with Gasteiger partial charge in [0.2, 0.25) is 5.91 Å². The van der Waals surface area contributed by atoms with Crippen molar-refractivity contribution in [2.75, 3.05) is 55.1 Å². The molecule has 0 fully saturated rings. The number of hydrogen-bond donors (Lipinski definition) is 3. The Balaban J connectivity index is 1.90. The highest BCUT2D eigenvalue weighted by molar-refractivity contribution is 6.02. The predicted molar refractivity (Wildman–Crippen MR) is 147 cm³/mol. The van der Waals surface area contributed by atoms with Crippen LogP contribution in [0, 0.1) is 0 Å². The van der Waals surface area contributed by atoms with Gasteiger partial charge in [-0.15, -0.1) is 0 Å². The van der Waals surface area contributed by atoms with Crippen LogP contribution >= 0.6 is 0 Å². The Morgan fingerprint density at radius 2 is 1.71 bits per heavy atom. The van der Waals surface area contributed by atoms with E-state index in [9.17, 15) is 18.0 Å². The third-order valence-corrected chi connectivity index (χ3v) is 5.73. The first-order valence-electron chi connectivity index (χ1n) is 12.0. The topological polar surface area (TPSA) is 85.4 Å². The lowest BCUT2D eigenvalue weighted by Crippen LogP contribution is -2.29. The summed E-state index contributed by atoms with van der Waals surface area (Å²) >= 11 is 0. The van der Waals surface area contributed by atoms with Crippen molar-refractivity contribution in [2.45, 2.75) is 19.5 Å². The van der Waals surface area contributed by atoms with Crippen molar-refractivity contribution in [3.63, 3.8) is 0 Å². The lowest BCUT2D eigenvalue weighted by atomic mass is 10.1. The third kappa shape index (κ3) is 7.69. The van der Waals surface area contributed by atoms with Gasteiger partial charge in [-0.3, -0.25) is 4.79 Å². The van der Waals surface area contributed by atoms with E-state index in [0.29, 0.717) is 23.7 Å². The molecule has 38 heavy (non-hydrogen) atoms. The number of benzene rings is 2. The Bertz CT molecular complexity index is 1280. The van der Waals surface area contributed by atoms with Crippen molar-refractivity contribution in [2.24, 2.45) is 0 Å². The van der Waals surface area contributed by atoms with Crippen molar-refractivity contribution in [3.8, 4) is 0 Å². The number of hydrogen-bond acceptors (Lipinski definition) is 7. The fourth-order valence-corrected chi connectivity index (χ4v) is 3.66. The average Bonchev–Trinajstić information content (AvgIpc) is 2.87. The lowest BCUT2D eigenvalue weighted by molar-refractivity contribution is -0.137. The van der Waals surface area contributed by atoms with E-state index in [0.717, 1.165) is 42.2 Å². The molecule has 0 radical (unpaired) electrons. The highest BCUT2D eigenvalue weighted by Gasteiger charge is 2.30. The standard InChI is InChI=1S/C27H32F3N7O/c1-6-18-13-23(37(5)12-11-36(3)4)22(35-26(38)7-2)15-21(18)34-25-16-24(31-17-32-25)33-20-10-8-9-19(14-20)27(28,29)30/h7-10,13-17H,2,6,11-12H2,1,3-5H3,(H,35,38)(H2,31,32,33,34). The summed E-state index contributed by atoms with van der Waals surface area (Å²) in [5.74, 6) is 0.413. The molecule has 1 heterocycles. The van der Waals surface area contributed by atoms with Crippen LogP contribution in [0.5, 0.6) is 0 Å². The first-order chi connectivity index (χ1) is 18.0. The molecule has 202 valence electrons. The van der Waals surface area contributed by atoms with E-state index >= 15 is 0 Å². The van der Waals surface area contributed by atoms with Gasteiger partial charge < -0.3 is 25.8 Å². The summed E-state index contributed by atoms with van der Waals surface area (Å²) in [4.78, 5) is 24.7. The van der Waals surface area contributed by atoms with E-state index in [2.05, 4.69) is 42.3 Å². The Morgan fingerprint density at radius 3 is 2.34 bits per heavy atom. The van der Waals surface area contributed by atoms with Crippen molar-refractivity contribution in [1.29, 1.82) is 0 Å². The number of aryl methyl sites for hydroxylation is 1. The van der Waals surface area contributed by atoms with Crippen molar-refractivity contribution in [3.05, 3.63) is 72.6 Å². The van der Waals surface area contributed by atoms with Crippen molar-refractivity contribution < 1.29 is 18.0 Å².